The third kappa shape index (κ3) is 4.83. The van der Waals surface area contributed by atoms with E-state index < -0.39 is 6.04 Å². The summed E-state index contributed by atoms with van der Waals surface area (Å²) in [5.74, 6) is -0.151. The number of aliphatic hydroxyl groups is 1. The summed E-state index contributed by atoms with van der Waals surface area (Å²) in [6.45, 7) is 5.59. The molecule has 1 aromatic carbocycles. The molecule has 0 aliphatic rings. The highest BCUT2D eigenvalue weighted by Crippen LogP contribution is 2.17. The van der Waals surface area contributed by atoms with E-state index in [-0.39, 0.29) is 12.5 Å². The van der Waals surface area contributed by atoms with Gasteiger partial charge in [0.1, 0.15) is 0 Å². The molecule has 1 aromatic rings. The van der Waals surface area contributed by atoms with Gasteiger partial charge in [0.15, 0.2) is 0 Å². The van der Waals surface area contributed by atoms with Crippen molar-refractivity contribution in [1.29, 1.82) is 0 Å². The molecule has 4 N–H and O–H groups in total. The second kappa shape index (κ2) is 8.55. The van der Waals surface area contributed by atoms with Crippen LogP contribution in [-0.4, -0.2) is 36.8 Å². The Morgan fingerprint density at radius 3 is 2.50 bits per heavy atom. The van der Waals surface area contributed by atoms with E-state index in [4.69, 9.17) is 10.8 Å². The summed E-state index contributed by atoms with van der Waals surface area (Å²) in [5, 5.41) is 11.8. The van der Waals surface area contributed by atoms with E-state index in [0.717, 1.165) is 24.3 Å². The Balaban J connectivity index is 2.64. The third-order valence-electron chi connectivity index (χ3n) is 3.19. The number of carbonyl (C=O) groups is 1. The summed E-state index contributed by atoms with van der Waals surface area (Å²) in [4.78, 5) is 13.9. The highest BCUT2D eigenvalue weighted by molar-refractivity contribution is 5.94. The molecule has 0 spiro atoms. The Morgan fingerprint density at radius 2 is 2.00 bits per heavy atom. The smallest absolute Gasteiger partial charge is 0.241 e. The first kappa shape index (κ1) is 16.5. The van der Waals surface area contributed by atoms with Gasteiger partial charge in [-0.05, 0) is 37.6 Å². The number of aliphatic hydroxyl groups excluding tert-OH is 1. The van der Waals surface area contributed by atoms with Crippen molar-refractivity contribution in [3.63, 3.8) is 0 Å². The number of carbonyl (C=O) groups excluding carboxylic acids is 1. The largest absolute Gasteiger partial charge is 0.395 e. The Labute approximate surface area is 120 Å². The molecule has 5 nitrogen and oxygen atoms in total. The van der Waals surface area contributed by atoms with Crippen LogP contribution >= 0.6 is 0 Å². The molecule has 1 atom stereocenters. The number of nitrogens with one attached hydrogen (secondary N) is 1. The second-order valence-electron chi connectivity index (χ2n) is 4.73. The van der Waals surface area contributed by atoms with Crippen molar-refractivity contribution < 1.29 is 9.90 Å². The first-order chi connectivity index (χ1) is 9.62. The van der Waals surface area contributed by atoms with Gasteiger partial charge in [-0.25, -0.2) is 0 Å². The Kier molecular flexibility index (Phi) is 7.04. The molecular formula is C15H25N3O2. The number of amides is 1. The number of hydrogen-bond donors (Lipinski definition) is 3. The van der Waals surface area contributed by atoms with E-state index in [0.29, 0.717) is 13.0 Å². The van der Waals surface area contributed by atoms with Gasteiger partial charge in [-0.1, -0.05) is 13.3 Å². The third-order valence-corrected chi connectivity index (χ3v) is 3.19. The topological polar surface area (TPSA) is 78.6 Å². The van der Waals surface area contributed by atoms with Crippen LogP contribution in [-0.2, 0) is 4.79 Å². The van der Waals surface area contributed by atoms with Crippen LogP contribution in [0.4, 0.5) is 11.4 Å². The van der Waals surface area contributed by atoms with Crippen molar-refractivity contribution in [3.8, 4) is 0 Å². The van der Waals surface area contributed by atoms with Gasteiger partial charge in [0.2, 0.25) is 5.91 Å². The molecule has 0 aromatic heterocycles. The average molecular weight is 279 g/mol. The molecule has 0 fully saturated rings. The van der Waals surface area contributed by atoms with E-state index in [1.165, 1.54) is 0 Å². The maximum absolute atomic E-state index is 11.8. The average Bonchev–Trinajstić information content (AvgIpc) is 2.46. The van der Waals surface area contributed by atoms with Gasteiger partial charge in [0.05, 0.1) is 12.6 Å². The molecule has 0 unspecified atom stereocenters. The standard InChI is InChI=1S/C15H25N3O2/c1-3-5-14(16)15(20)17-12-6-8-13(9-7-12)18(4-2)10-11-19/h6-9,14,19H,3-5,10-11,16H2,1-2H3,(H,17,20)/t14-/m0/s1. The van der Waals surface area contributed by atoms with E-state index in [1.54, 1.807) is 0 Å². The zero-order valence-corrected chi connectivity index (χ0v) is 12.3. The Morgan fingerprint density at radius 1 is 1.35 bits per heavy atom. The summed E-state index contributed by atoms with van der Waals surface area (Å²) in [6, 6.07) is 7.11. The first-order valence-corrected chi connectivity index (χ1v) is 7.14. The highest BCUT2D eigenvalue weighted by Gasteiger charge is 2.12. The van der Waals surface area contributed by atoms with E-state index in [9.17, 15) is 4.79 Å². The first-order valence-electron chi connectivity index (χ1n) is 7.14. The van der Waals surface area contributed by atoms with Crippen molar-refractivity contribution in [2.45, 2.75) is 32.7 Å². The molecule has 1 amide bonds. The normalized spacial score (nSPS) is 12.0. The molecule has 5 heteroatoms. The number of rotatable bonds is 8. The van der Waals surface area contributed by atoms with Crippen molar-refractivity contribution >= 4 is 17.3 Å². The Hall–Kier alpha value is -1.59. The molecule has 0 aliphatic heterocycles. The number of nitrogens with zero attached hydrogens (tertiary/aromatic N) is 1. The molecule has 0 saturated carbocycles. The zero-order valence-electron chi connectivity index (χ0n) is 12.3. The van der Waals surface area contributed by atoms with Gasteiger partial charge in [-0.15, -0.1) is 0 Å². The van der Waals surface area contributed by atoms with Crippen LogP contribution < -0.4 is 16.0 Å². The van der Waals surface area contributed by atoms with Crippen molar-refractivity contribution in [2.75, 3.05) is 29.9 Å². The molecule has 1 rings (SSSR count). The van der Waals surface area contributed by atoms with Gasteiger partial charge in [0, 0.05) is 24.5 Å². The van der Waals surface area contributed by atoms with Gasteiger partial charge in [-0.3, -0.25) is 4.79 Å². The quantitative estimate of drug-likeness (QED) is 0.675. The van der Waals surface area contributed by atoms with E-state index in [1.807, 2.05) is 38.1 Å². The fourth-order valence-electron chi connectivity index (χ4n) is 2.02. The predicted octanol–water partition coefficient (Wildman–Crippen LogP) is 1.57. The second-order valence-corrected chi connectivity index (χ2v) is 4.73. The number of likely N-dealkylation sites (N-methyl/N-ethyl adjacent to an activating group) is 1. The fraction of sp³-hybridized carbons (Fsp3) is 0.533. The minimum atomic E-state index is -0.457. The molecule has 0 radical (unpaired) electrons. The molecule has 112 valence electrons. The number of benzene rings is 1. The lowest BCUT2D eigenvalue weighted by Crippen LogP contribution is -2.35. The monoisotopic (exact) mass is 279 g/mol. The number of anilines is 2. The summed E-state index contributed by atoms with van der Waals surface area (Å²) >= 11 is 0. The summed E-state index contributed by atoms with van der Waals surface area (Å²) < 4.78 is 0. The predicted molar refractivity (Wildman–Crippen MR) is 82.9 cm³/mol. The van der Waals surface area contributed by atoms with Crippen LogP contribution in [0.5, 0.6) is 0 Å². The fourth-order valence-corrected chi connectivity index (χ4v) is 2.02. The minimum Gasteiger partial charge on any atom is -0.395 e. The SMILES string of the molecule is CCC[C@H](N)C(=O)Nc1ccc(N(CC)CCO)cc1. The Bertz CT molecular complexity index is 406. The van der Waals surface area contributed by atoms with Gasteiger partial charge in [-0.2, -0.15) is 0 Å². The van der Waals surface area contributed by atoms with Gasteiger partial charge < -0.3 is 21.1 Å². The van der Waals surface area contributed by atoms with Crippen LogP contribution in [0.3, 0.4) is 0 Å². The number of hydrogen-bond acceptors (Lipinski definition) is 4. The molecule has 0 bridgehead atoms. The lowest BCUT2D eigenvalue weighted by molar-refractivity contribution is -0.117. The molecule has 0 saturated heterocycles. The van der Waals surface area contributed by atoms with Crippen LogP contribution in [0, 0.1) is 0 Å². The summed E-state index contributed by atoms with van der Waals surface area (Å²) in [6.07, 6.45) is 1.57. The van der Waals surface area contributed by atoms with Gasteiger partial charge in [0.25, 0.3) is 0 Å². The maximum atomic E-state index is 11.8. The van der Waals surface area contributed by atoms with Crippen molar-refractivity contribution in [3.05, 3.63) is 24.3 Å². The van der Waals surface area contributed by atoms with E-state index >= 15 is 0 Å². The van der Waals surface area contributed by atoms with Crippen LogP contribution in [0.2, 0.25) is 0 Å². The van der Waals surface area contributed by atoms with Gasteiger partial charge >= 0.3 is 0 Å². The summed E-state index contributed by atoms with van der Waals surface area (Å²) in [7, 11) is 0. The summed E-state index contributed by atoms with van der Waals surface area (Å²) in [5.41, 5.74) is 7.53. The van der Waals surface area contributed by atoms with Crippen molar-refractivity contribution in [2.24, 2.45) is 5.73 Å². The lowest BCUT2D eigenvalue weighted by atomic mass is 10.1. The maximum Gasteiger partial charge on any atom is 0.241 e. The molecule has 0 aliphatic carbocycles. The van der Waals surface area contributed by atoms with Crippen molar-refractivity contribution in [1.82, 2.24) is 0 Å². The highest BCUT2D eigenvalue weighted by atomic mass is 16.3. The lowest BCUT2D eigenvalue weighted by Gasteiger charge is -2.22. The van der Waals surface area contributed by atoms with E-state index in [2.05, 4.69) is 10.2 Å². The zero-order chi connectivity index (χ0) is 15.0. The molecule has 20 heavy (non-hydrogen) atoms. The van der Waals surface area contributed by atoms with Crippen LogP contribution in [0.1, 0.15) is 26.7 Å². The molecular weight excluding hydrogens is 254 g/mol. The minimum absolute atomic E-state index is 0.123. The number of nitrogens with two attached hydrogens (primary N) is 1. The molecule has 0 heterocycles. The van der Waals surface area contributed by atoms with Crippen LogP contribution in [0.15, 0.2) is 24.3 Å². The van der Waals surface area contributed by atoms with Crippen LogP contribution in [0.25, 0.3) is 0 Å².